The summed E-state index contributed by atoms with van der Waals surface area (Å²) >= 11 is 0. The number of rotatable bonds is 15. The van der Waals surface area contributed by atoms with Gasteiger partial charge in [0.2, 0.25) is 0 Å². The zero-order valence-corrected chi connectivity index (χ0v) is 11.6. The fourth-order valence-electron chi connectivity index (χ4n) is 1.60. The molecule has 0 heterocycles. The van der Waals surface area contributed by atoms with Crippen molar-refractivity contribution in [2.24, 2.45) is 0 Å². The fraction of sp³-hybridized carbons (Fsp3) is 1.00. The van der Waals surface area contributed by atoms with Crippen LogP contribution in [-0.4, -0.2) is 49.9 Å². The minimum Gasteiger partial charge on any atom is -0.396 e. The summed E-state index contributed by atoms with van der Waals surface area (Å²) in [5.41, 5.74) is 0. The molecule has 2 N–H and O–H groups in total. The molecule has 0 saturated carbocycles. The maximum atomic E-state index is 8.59. The predicted octanol–water partition coefficient (Wildman–Crippen LogP) is 2.13. The number of ether oxygens (including phenoxy) is 2. The molecule has 0 unspecified atom stereocenters. The highest BCUT2D eigenvalue weighted by atomic mass is 16.5. The number of aliphatic hydroxyl groups excluding tert-OH is 2. The van der Waals surface area contributed by atoms with Crippen LogP contribution in [0.3, 0.4) is 0 Å². The molecule has 0 aliphatic carbocycles. The van der Waals surface area contributed by atoms with Crippen LogP contribution in [0.4, 0.5) is 0 Å². The minimum atomic E-state index is 0.263. The van der Waals surface area contributed by atoms with Crippen molar-refractivity contribution < 1.29 is 19.7 Å². The Kier molecular flexibility index (Phi) is 16.7. The van der Waals surface area contributed by atoms with Gasteiger partial charge < -0.3 is 19.7 Å². The lowest BCUT2D eigenvalue weighted by Crippen LogP contribution is -2.00. The molecule has 0 aromatic carbocycles. The standard InChI is InChI=1S/C14H30O4/c15-9-3-1-5-11-17-12-6-2-7-13-18-14-8-4-10-16/h15-16H,1-14H2. The number of unbranched alkanes of at least 4 members (excludes halogenated alkanes) is 5. The highest BCUT2D eigenvalue weighted by Crippen LogP contribution is 2.00. The van der Waals surface area contributed by atoms with Crippen LogP contribution >= 0.6 is 0 Å². The van der Waals surface area contributed by atoms with Gasteiger partial charge in [-0.1, -0.05) is 0 Å². The highest BCUT2D eigenvalue weighted by molar-refractivity contribution is 4.43. The average molecular weight is 262 g/mol. The van der Waals surface area contributed by atoms with Gasteiger partial charge in [-0.05, 0) is 51.4 Å². The van der Waals surface area contributed by atoms with Crippen molar-refractivity contribution in [2.75, 3.05) is 39.6 Å². The maximum Gasteiger partial charge on any atom is 0.0466 e. The molecule has 0 aromatic rings. The third-order valence-electron chi connectivity index (χ3n) is 2.72. The van der Waals surface area contributed by atoms with E-state index in [1.807, 2.05) is 0 Å². The molecule has 0 fully saturated rings. The summed E-state index contributed by atoms with van der Waals surface area (Å²) in [6, 6.07) is 0. The Hall–Kier alpha value is -0.160. The Balaban J connectivity index is 2.86. The van der Waals surface area contributed by atoms with Crippen molar-refractivity contribution in [3.8, 4) is 0 Å². The van der Waals surface area contributed by atoms with E-state index in [-0.39, 0.29) is 13.2 Å². The molecule has 110 valence electrons. The first-order valence-corrected chi connectivity index (χ1v) is 7.29. The summed E-state index contributed by atoms with van der Waals surface area (Å²) in [5, 5.41) is 17.2. The Bertz CT molecular complexity index is 126. The molecular formula is C14H30O4. The summed E-state index contributed by atoms with van der Waals surface area (Å²) in [6.45, 7) is 3.79. The molecule has 4 nitrogen and oxygen atoms in total. The Morgan fingerprint density at radius 1 is 0.444 bits per heavy atom. The zero-order valence-electron chi connectivity index (χ0n) is 11.6. The van der Waals surface area contributed by atoms with E-state index in [1.54, 1.807) is 0 Å². The third kappa shape index (κ3) is 15.8. The second kappa shape index (κ2) is 16.8. The van der Waals surface area contributed by atoms with E-state index in [9.17, 15) is 0 Å². The number of aliphatic hydroxyl groups is 2. The van der Waals surface area contributed by atoms with Gasteiger partial charge in [0.15, 0.2) is 0 Å². The quantitative estimate of drug-likeness (QED) is 0.444. The van der Waals surface area contributed by atoms with Gasteiger partial charge in [0.25, 0.3) is 0 Å². The van der Waals surface area contributed by atoms with Crippen LogP contribution in [0.2, 0.25) is 0 Å². The SMILES string of the molecule is OCCCCCOCCCCCOCCCCO. The number of hydrogen-bond acceptors (Lipinski definition) is 4. The van der Waals surface area contributed by atoms with Crippen LogP contribution < -0.4 is 0 Å². The van der Waals surface area contributed by atoms with Crippen molar-refractivity contribution in [2.45, 2.75) is 51.4 Å². The molecule has 0 bridgehead atoms. The molecule has 0 saturated heterocycles. The van der Waals surface area contributed by atoms with Crippen molar-refractivity contribution in [1.82, 2.24) is 0 Å². The fourth-order valence-corrected chi connectivity index (χ4v) is 1.60. The molecule has 0 spiro atoms. The van der Waals surface area contributed by atoms with E-state index in [4.69, 9.17) is 19.7 Å². The van der Waals surface area contributed by atoms with Crippen molar-refractivity contribution in [3.05, 3.63) is 0 Å². The van der Waals surface area contributed by atoms with E-state index < -0.39 is 0 Å². The van der Waals surface area contributed by atoms with Crippen LogP contribution in [0.25, 0.3) is 0 Å². The maximum absolute atomic E-state index is 8.59. The minimum absolute atomic E-state index is 0.263. The third-order valence-corrected chi connectivity index (χ3v) is 2.72. The molecule has 0 amide bonds. The lowest BCUT2D eigenvalue weighted by atomic mass is 10.2. The van der Waals surface area contributed by atoms with Gasteiger partial charge in [0.05, 0.1) is 0 Å². The van der Waals surface area contributed by atoms with Gasteiger partial charge in [-0.3, -0.25) is 0 Å². The molecule has 0 aromatic heterocycles. The lowest BCUT2D eigenvalue weighted by Gasteiger charge is -2.05. The first-order valence-electron chi connectivity index (χ1n) is 7.29. The second-order valence-corrected chi connectivity index (χ2v) is 4.50. The van der Waals surface area contributed by atoms with E-state index in [0.717, 1.165) is 77.8 Å². The Morgan fingerprint density at radius 3 is 1.22 bits per heavy atom. The van der Waals surface area contributed by atoms with Crippen LogP contribution in [0.5, 0.6) is 0 Å². The van der Waals surface area contributed by atoms with Crippen molar-refractivity contribution in [1.29, 1.82) is 0 Å². The Labute approximate surface area is 111 Å². The van der Waals surface area contributed by atoms with E-state index in [1.165, 1.54) is 0 Å². The molecule has 0 aliphatic heterocycles. The Morgan fingerprint density at radius 2 is 0.778 bits per heavy atom. The average Bonchev–Trinajstić information content (AvgIpc) is 2.39. The van der Waals surface area contributed by atoms with Gasteiger partial charge in [-0.15, -0.1) is 0 Å². The molecule has 0 rings (SSSR count). The summed E-state index contributed by atoms with van der Waals surface area (Å²) < 4.78 is 10.9. The van der Waals surface area contributed by atoms with Gasteiger partial charge >= 0.3 is 0 Å². The summed E-state index contributed by atoms with van der Waals surface area (Å²) in [6.07, 6.45) is 8.12. The van der Waals surface area contributed by atoms with Crippen LogP contribution in [-0.2, 0) is 9.47 Å². The smallest absolute Gasteiger partial charge is 0.0466 e. The van der Waals surface area contributed by atoms with E-state index >= 15 is 0 Å². The largest absolute Gasteiger partial charge is 0.396 e. The molecule has 0 radical (unpaired) electrons. The first kappa shape index (κ1) is 17.8. The first-order chi connectivity index (χ1) is 8.91. The van der Waals surface area contributed by atoms with Gasteiger partial charge in [-0.2, -0.15) is 0 Å². The van der Waals surface area contributed by atoms with E-state index in [2.05, 4.69) is 0 Å². The highest BCUT2D eigenvalue weighted by Gasteiger charge is 1.93. The topological polar surface area (TPSA) is 58.9 Å². The van der Waals surface area contributed by atoms with Crippen molar-refractivity contribution in [3.63, 3.8) is 0 Å². The molecule has 0 aliphatic rings. The molecular weight excluding hydrogens is 232 g/mol. The van der Waals surface area contributed by atoms with Gasteiger partial charge in [0.1, 0.15) is 0 Å². The van der Waals surface area contributed by atoms with E-state index in [0.29, 0.717) is 0 Å². The summed E-state index contributed by atoms with van der Waals surface area (Å²) in [4.78, 5) is 0. The summed E-state index contributed by atoms with van der Waals surface area (Å²) in [7, 11) is 0. The zero-order chi connectivity index (χ0) is 13.3. The second-order valence-electron chi connectivity index (χ2n) is 4.50. The van der Waals surface area contributed by atoms with Crippen molar-refractivity contribution >= 4 is 0 Å². The molecule has 18 heavy (non-hydrogen) atoms. The monoisotopic (exact) mass is 262 g/mol. The van der Waals surface area contributed by atoms with Crippen LogP contribution in [0.1, 0.15) is 51.4 Å². The normalized spacial score (nSPS) is 11.0. The molecule has 0 atom stereocenters. The summed E-state index contributed by atoms with van der Waals surface area (Å²) in [5.74, 6) is 0. The van der Waals surface area contributed by atoms with Crippen LogP contribution in [0, 0.1) is 0 Å². The van der Waals surface area contributed by atoms with Gasteiger partial charge in [-0.25, -0.2) is 0 Å². The number of hydrogen-bond donors (Lipinski definition) is 2. The van der Waals surface area contributed by atoms with Gasteiger partial charge in [0, 0.05) is 39.6 Å². The predicted molar refractivity (Wildman–Crippen MR) is 72.7 cm³/mol. The molecule has 4 heteroatoms. The lowest BCUT2D eigenvalue weighted by molar-refractivity contribution is 0.108. The van der Waals surface area contributed by atoms with Crippen LogP contribution in [0.15, 0.2) is 0 Å².